The molecule has 0 aliphatic heterocycles. The summed E-state index contributed by atoms with van der Waals surface area (Å²) in [5.41, 5.74) is 0.935. The second-order valence-electron chi connectivity index (χ2n) is 5.16. The number of hydrogen-bond donors (Lipinski definition) is 2. The van der Waals surface area contributed by atoms with E-state index >= 15 is 0 Å². The Morgan fingerprint density at radius 1 is 1.04 bits per heavy atom. The van der Waals surface area contributed by atoms with Gasteiger partial charge in [-0.1, -0.05) is 12.7 Å². The molecule has 0 unspecified atom stereocenters. The maximum atomic E-state index is 12.2. The maximum absolute atomic E-state index is 12.2. The smallest absolute Gasteiger partial charge is 0.342 e. The van der Waals surface area contributed by atoms with Gasteiger partial charge < -0.3 is 19.7 Å². The summed E-state index contributed by atoms with van der Waals surface area (Å²) in [5.74, 6) is -1.28. The number of ether oxygens (including phenoxy) is 2. The van der Waals surface area contributed by atoms with Crippen molar-refractivity contribution < 1.29 is 29.3 Å². The average Bonchev–Trinajstić information content (AvgIpc) is 2.61. The lowest BCUT2D eigenvalue weighted by Crippen LogP contribution is -2.14. The lowest BCUT2D eigenvalue weighted by Gasteiger charge is -2.12. The molecule has 0 bridgehead atoms. The SMILES string of the molecule is C=Cc1cc(I)c(O)c(C(=O)OCCOc2c(I)cc(C(=O)O)cc2I)c1. The molecule has 0 saturated heterocycles. The molecule has 2 rings (SSSR count). The number of hydrogen-bond acceptors (Lipinski definition) is 5. The van der Waals surface area contributed by atoms with Gasteiger partial charge in [0, 0.05) is 0 Å². The molecule has 0 radical (unpaired) electrons. The van der Waals surface area contributed by atoms with Gasteiger partial charge in [0.25, 0.3) is 0 Å². The van der Waals surface area contributed by atoms with E-state index in [-0.39, 0.29) is 30.1 Å². The van der Waals surface area contributed by atoms with Gasteiger partial charge >= 0.3 is 11.9 Å². The molecule has 0 aliphatic rings. The number of benzene rings is 2. The van der Waals surface area contributed by atoms with Gasteiger partial charge in [-0.25, -0.2) is 9.59 Å². The van der Waals surface area contributed by atoms with Crippen LogP contribution in [0, 0.1) is 10.7 Å². The summed E-state index contributed by atoms with van der Waals surface area (Å²) in [6.07, 6.45) is 1.58. The third-order valence-corrected chi connectivity index (χ3v) is 5.77. The Morgan fingerprint density at radius 3 is 2.22 bits per heavy atom. The van der Waals surface area contributed by atoms with Crippen LogP contribution in [-0.4, -0.2) is 35.4 Å². The third-order valence-electron chi connectivity index (χ3n) is 3.35. The van der Waals surface area contributed by atoms with Crippen LogP contribution in [0.3, 0.4) is 0 Å². The van der Waals surface area contributed by atoms with Crippen LogP contribution in [0.25, 0.3) is 6.08 Å². The number of carbonyl (C=O) groups excluding carboxylic acids is 1. The highest BCUT2D eigenvalue weighted by Gasteiger charge is 2.17. The number of phenols is 1. The second kappa shape index (κ2) is 9.91. The number of aromatic hydroxyl groups is 1. The van der Waals surface area contributed by atoms with E-state index in [1.807, 2.05) is 67.8 Å². The Balaban J connectivity index is 2.00. The van der Waals surface area contributed by atoms with Crippen LogP contribution in [0.1, 0.15) is 26.3 Å². The predicted molar refractivity (Wildman–Crippen MR) is 126 cm³/mol. The quantitative estimate of drug-likeness (QED) is 0.245. The van der Waals surface area contributed by atoms with Gasteiger partial charge in [0.1, 0.15) is 30.3 Å². The summed E-state index contributed by atoms with van der Waals surface area (Å²) in [5, 5.41) is 19.1. The zero-order valence-corrected chi connectivity index (χ0v) is 20.1. The number of esters is 1. The first-order valence-electron chi connectivity index (χ1n) is 7.41. The number of aromatic carboxylic acids is 1. The van der Waals surface area contributed by atoms with Crippen molar-refractivity contribution in [3.8, 4) is 11.5 Å². The summed E-state index contributed by atoms with van der Waals surface area (Å²) >= 11 is 5.91. The zero-order valence-electron chi connectivity index (χ0n) is 13.7. The molecule has 0 fully saturated rings. The van der Waals surface area contributed by atoms with Gasteiger partial charge in [-0.2, -0.15) is 0 Å². The third kappa shape index (κ3) is 5.70. The van der Waals surface area contributed by atoms with Crippen LogP contribution < -0.4 is 4.74 Å². The van der Waals surface area contributed by atoms with Crippen molar-refractivity contribution in [2.75, 3.05) is 13.2 Å². The van der Waals surface area contributed by atoms with Crippen molar-refractivity contribution in [2.45, 2.75) is 0 Å². The Kier molecular flexibility index (Phi) is 8.15. The van der Waals surface area contributed by atoms with Gasteiger partial charge in [-0.3, -0.25) is 0 Å². The fourth-order valence-corrected chi connectivity index (χ4v) is 4.80. The van der Waals surface area contributed by atoms with E-state index in [4.69, 9.17) is 14.6 Å². The molecule has 142 valence electrons. The van der Waals surface area contributed by atoms with E-state index in [2.05, 4.69) is 6.58 Å². The second-order valence-corrected chi connectivity index (χ2v) is 8.65. The number of carboxylic acids is 1. The minimum Gasteiger partial charge on any atom is -0.506 e. The minimum absolute atomic E-state index is 0.0278. The van der Waals surface area contributed by atoms with Gasteiger partial charge in [0.15, 0.2) is 0 Å². The Morgan fingerprint density at radius 2 is 1.67 bits per heavy atom. The number of phenolic OH excluding ortho intramolecular Hbond substituents is 1. The molecule has 0 saturated carbocycles. The standard InChI is InChI=1S/C18H13I3O6/c1-2-9-5-11(15(22)12(19)6-9)18(25)27-4-3-26-16-13(20)7-10(17(23)24)8-14(16)21/h2,5-8,22H,1,3-4H2,(H,23,24). The number of halogens is 3. The Labute approximate surface area is 196 Å². The average molecular weight is 706 g/mol. The van der Waals surface area contributed by atoms with E-state index in [0.717, 1.165) is 0 Å². The Hall–Kier alpha value is -1.09. The molecule has 0 aliphatic carbocycles. The number of rotatable bonds is 7. The molecule has 6 nitrogen and oxygen atoms in total. The lowest BCUT2D eigenvalue weighted by molar-refractivity contribution is 0.0445. The van der Waals surface area contributed by atoms with Crippen molar-refractivity contribution in [1.29, 1.82) is 0 Å². The van der Waals surface area contributed by atoms with E-state index in [1.54, 1.807) is 12.1 Å². The molecule has 2 aromatic rings. The molecular weight excluding hydrogens is 693 g/mol. The number of carbonyl (C=O) groups is 2. The van der Waals surface area contributed by atoms with E-state index in [1.165, 1.54) is 18.2 Å². The van der Waals surface area contributed by atoms with Crippen molar-refractivity contribution in [1.82, 2.24) is 0 Å². The van der Waals surface area contributed by atoms with Crippen LogP contribution in [0.15, 0.2) is 30.8 Å². The molecule has 0 amide bonds. The van der Waals surface area contributed by atoms with E-state index in [0.29, 0.717) is 22.0 Å². The zero-order chi connectivity index (χ0) is 20.1. The van der Waals surface area contributed by atoms with Gasteiger partial charge in [-0.15, -0.1) is 0 Å². The van der Waals surface area contributed by atoms with Crippen LogP contribution in [0.2, 0.25) is 0 Å². The first kappa shape index (κ1) is 22.2. The monoisotopic (exact) mass is 706 g/mol. The highest BCUT2D eigenvalue weighted by Crippen LogP contribution is 2.29. The summed E-state index contributed by atoms with van der Waals surface area (Å²) in [6.45, 7) is 3.71. The molecule has 9 heteroatoms. The normalized spacial score (nSPS) is 10.3. The van der Waals surface area contributed by atoms with Crippen LogP contribution >= 0.6 is 67.8 Å². The molecule has 0 aromatic heterocycles. The number of carboxylic acid groups (broad SMARTS) is 1. The maximum Gasteiger partial charge on any atom is 0.342 e. The van der Waals surface area contributed by atoms with E-state index < -0.39 is 11.9 Å². The summed E-state index contributed by atoms with van der Waals surface area (Å²) in [4.78, 5) is 23.3. The van der Waals surface area contributed by atoms with Crippen LogP contribution in [0.5, 0.6) is 11.5 Å². The molecule has 0 atom stereocenters. The van der Waals surface area contributed by atoms with E-state index in [9.17, 15) is 14.7 Å². The largest absolute Gasteiger partial charge is 0.506 e. The molecule has 0 heterocycles. The van der Waals surface area contributed by atoms with Crippen molar-refractivity contribution >= 4 is 85.8 Å². The predicted octanol–water partition coefficient (Wildman–Crippen LogP) is 4.78. The fourth-order valence-electron chi connectivity index (χ4n) is 2.07. The summed E-state index contributed by atoms with van der Waals surface area (Å²) < 4.78 is 12.6. The van der Waals surface area contributed by atoms with Crippen molar-refractivity contribution in [3.63, 3.8) is 0 Å². The van der Waals surface area contributed by atoms with Crippen LogP contribution in [-0.2, 0) is 4.74 Å². The topological polar surface area (TPSA) is 93.1 Å². The van der Waals surface area contributed by atoms with Gasteiger partial charge in [0.2, 0.25) is 0 Å². The Bertz CT molecular complexity index is 887. The summed E-state index contributed by atoms with van der Waals surface area (Å²) in [6, 6.07) is 6.22. The summed E-state index contributed by atoms with van der Waals surface area (Å²) in [7, 11) is 0. The first-order chi connectivity index (χ1) is 12.7. The first-order valence-corrected chi connectivity index (χ1v) is 10.7. The van der Waals surface area contributed by atoms with Gasteiger partial charge in [-0.05, 0) is 97.6 Å². The minimum atomic E-state index is -1.01. The molecule has 2 aromatic carbocycles. The van der Waals surface area contributed by atoms with Crippen LogP contribution in [0.4, 0.5) is 0 Å². The van der Waals surface area contributed by atoms with Crippen molar-refractivity contribution in [2.24, 2.45) is 0 Å². The van der Waals surface area contributed by atoms with Gasteiger partial charge in [0.05, 0.1) is 16.3 Å². The van der Waals surface area contributed by atoms with Crippen molar-refractivity contribution in [3.05, 3.63) is 58.2 Å². The lowest BCUT2D eigenvalue weighted by atomic mass is 10.1. The molecule has 2 N–H and O–H groups in total. The molecular formula is C18H13I3O6. The molecule has 0 spiro atoms. The fraction of sp³-hybridized carbons (Fsp3) is 0.111. The highest BCUT2D eigenvalue weighted by molar-refractivity contribution is 14.1. The molecule has 27 heavy (non-hydrogen) atoms. The highest BCUT2D eigenvalue weighted by atomic mass is 127.